The van der Waals surface area contributed by atoms with Gasteiger partial charge >= 0.3 is 0 Å². The fourth-order valence-electron chi connectivity index (χ4n) is 2.61. The Morgan fingerprint density at radius 1 is 1.37 bits per heavy atom. The first kappa shape index (κ1) is 15.1. The van der Waals surface area contributed by atoms with Gasteiger partial charge in [0.15, 0.2) is 0 Å². The van der Waals surface area contributed by atoms with Gasteiger partial charge in [-0.3, -0.25) is 0 Å². The molecule has 2 atom stereocenters. The third kappa shape index (κ3) is 3.25. The van der Waals surface area contributed by atoms with Gasteiger partial charge in [-0.15, -0.1) is 0 Å². The van der Waals surface area contributed by atoms with Crippen molar-refractivity contribution in [2.45, 2.75) is 45.9 Å². The van der Waals surface area contributed by atoms with Gasteiger partial charge in [-0.05, 0) is 31.0 Å². The third-order valence-electron chi connectivity index (χ3n) is 4.10. The molecule has 1 fully saturated rings. The van der Waals surface area contributed by atoms with Crippen LogP contribution in [0.1, 0.15) is 32.8 Å². The van der Waals surface area contributed by atoms with E-state index in [0.717, 1.165) is 30.2 Å². The largest absolute Gasteiger partial charge is 0.378 e. The van der Waals surface area contributed by atoms with E-state index in [9.17, 15) is 0 Å². The van der Waals surface area contributed by atoms with Crippen LogP contribution < -0.4 is 5.32 Å². The lowest BCUT2D eigenvalue weighted by Gasteiger charge is -2.52. The molecule has 0 aliphatic heterocycles. The maximum atomic E-state index is 6.17. The van der Waals surface area contributed by atoms with Crippen molar-refractivity contribution in [2.24, 2.45) is 5.41 Å². The Morgan fingerprint density at radius 2 is 2.11 bits per heavy atom. The summed E-state index contributed by atoms with van der Waals surface area (Å²) in [6.07, 6.45) is 1.42. The molecular weight excluding hydrogens is 281 g/mol. The average molecular weight is 302 g/mol. The fraction of sp³-hybridized carbons (Fsp3) is 0.600. The van der Waals surface area contributed by atoms with Crippen LogP contribution in [0.5, 0.6) is 0 Å². The minimum atomic E-state index is 0.176. The smallest absolute Gasteiger partial charge is 0.0655 e. The Kier molecular flexibility index (Phi) is 4.78. The summed E-state index contributed by atoms with van der Waals surface area (Å²) in [7, 11) is 0. The van der Waals surface area contributed by atoms with E-state index in [1.54, 1.807) is 6.07 Å². The summed E-state index contributed by atoms with van der Waals surface area (Å²) in [5, 5.41) is 4.96. The van der Waals surface area contributed by atoms with E-state index in [4.69, 9.17) is 27.9 Å². The maximum Gasteiger partial charge on any atom is 0.0655 e. The number of ether oxygens (including phenoxy) is 1. The molecule has 0 spiro atoms. The molecule has 1 aromatic carbocycles. The van der Waals surface area contributed by atoms with Crippen LogP contribution in [-0.4, -0.2) is 18.8 Å². The van der Waals surface area contributed by atoms with E-state index < -0.39 is 0 Å². The van der Waals surface area contributed by atoms with Crippen molar-refractivity contribution < 1.29 is 4.74 Å². The normalized spacial score (nSPS) is 25.1. The number of rotatable bonds is 5. The second-order valence-electron chi connectivity index (χ2n) is 5.67. The highest BCUT2D eigenvalue weighted by molar-refractivity contribution is 6.35. The maximum absolute atomic E-state index is 6.17. The molecule has 2 unspecified atom stereocenters. The van der Waals surface area contributed by atoms with Crippen molar-refractivity contribution in [1.82, 2.24) is 5.32 Å². The molecule has 1 aromatic rings. The quantitative estimate of drug-likeness (QED) is 0.876. The Morgan fingerprint density at radius 3 is 2.68 bits per heavy atom. The van der Waals surface area contributed by atoms with Gasteiger partial charge in [-0.1, -0.05) is 43.1 Å². The molecule has 0 bridgehead atoms. The van der Waals surface area contributed by atoms with Crippen LogP contribution in [-0.2, 0) is 11.3 Å². The number of hydrogen-bond acceptors (Lipinski definition) is 2. The number of halogens is 2. The minimum absolute atomic E-state index is 0.176. The van der Waals surface area contributed by atoms with E-state index in [2.05, 4.69) is 19.2 Å². The number of nitrogens with one attached hydrogen (secondary N) is 1. The molecule has 1 aliphatic rings. The Labute approximate surface area is 125 Å². The van der Waals surface area contributed by atoms with E-state index in [1.165, 1.54) is 0 Å². The van der Waals surface area contributed by atoms with Gasteiger partial charge in [0.25, 0.3) is 0 Å². The average Bonchev–Trinajstić information content (AvgIpc) is 2.35. The van der Waals surface area contributed by atoms with Gasteiger partial charge in [0, 0.05) is 34.7 Å². The van der Waals surface area contributed by atoms with Crippen LogP contribution in [0.15, 0.2) is 18.2 Å². The van der Waals surface area contributed by atoms with Gasteiger partial charge in [0.2, 0.25) is 0 Å². The van der Waals surface area contributed by atoms with Crippen molar-refractivity contribution in [2.75, 3.05) is 6.61 Å². The van der Waals surface area contributed by atoms with Gasteiger partial charge in [0.1, 0.15) is 0 Å². The number of benzene rings is 1. The highest BCUT2D eigenvalue weighted by atomic mass is 35.5. The zero-order chi connectivity index (χ0) is 14.0. The molecule has 0 aromatic heterocycles. The van der Waals surface area contributed by atoms with Gasteiger partial charge < -0.3 is 10.1 Å². The summed E-state index contributed by atoms with van der Waals surface area (Å²) in [6, 6.07) is 6.10. The lowest BCUT2D eigenvalue weighted by Crippen LogP contribution is -2.60. The van der Waals surface area contributed by atoms with Gasteiger partial charge in [-0.2, -0.15) is 0 Å². The SMILES string of the molecule is CCOC1CC(NCc2ccc(Cl)cc2Cl)C1(C)C. The molecule has 0 amide bonds. The lowest BCUT2D eigenvalue weighted by molar-refractivity contribution is -0.114. The summed E-state index contributed by atoms with van der Waals surface area (Å²) in [5.74, 6) is 0. The highest BCUT2D eigenvalue weighted by Crippen LogP contribution is 2.42. The first-order chi connectivity index (χ1) is 8.95. The van der Waals surface area contributed by atoms with Crippen molar-refractivity contribution >= 4 is 23.2 Å². The van der Waals surface area contributed by atoms with Crippen LogP contribution in [0.2, 0.25) is 10.0 Å². The van der Waals surface area contributed by atoms with Gasteiger partial charge in [-0.25, -0.2) is 0 Å². The summed E-state index contributed by atoms with van der Waals surface area (Å²) in [5.41, 5.74) is 1.26. The van der Waals surface area contributed by atoms with Crippen LogP contribution in [0.3, 0.4) is 0 Å². The summed E-state index contributed by atoms with van der Waals surface area (Å²) in [4.78, 5) is 0. The number of hydrogen-bond donors (Lipinski definition) is 1. The third-order valence-corrected chi connectivity index (χ3v) is 4.69. The monoisotopic (exact) mass is 301 g/mol. The zero-order valence-electron chi connectivity index (χ0n) is 11.7. The predicted molar refractivity (Wildman–Crippen MR) is 80.9 cm³/mol. The van der Waals surface area contributed by atoms with Crippen molar-refractivity contribution in [3.8, 4) is 0 Å². The van der Waals surface area contributed by atoms with Crippen LogP contribution in [0.4, 0.5) is 0 Å². The topological polar surface area (TPSA) is 21.3 Å². The molecule has 0 saturated heterocycles. The molecule has 0 heterocycles. The Bertz CT molecular complexity index is 448. The van der Waals surface area contributed by atoms with E-state index in [-0.39, 0.29) is 5.41 Å². The van der Waals surface area contributed by atoms with E-state index >= 15 is 0 Å². The Hall–Kier alpha value is -0.280. The second-order valence-corrected chi connectivity index (χ2v) is 6.51. The highest BCUT2D eigenvalue weighted by Gasteiger charge is 2.48. The molecule has 2 rings (SSSR count). The zero-order valence-corrected chi connectivity index (χ0v) is 13.2. The molecule has 106 valence electrons. The molecule has 1 aliphatic carbocycles. The Balaban J connectivity index is 1.90. The second kappa shape index (κ2) is 6.01. The summed E-state index contributed by atoms with van der Waals surface area (Å²) >= 11 is 12.1. The van der Waals surface area contributed by atoms with Crippen LogP contribution in [0.25, 0.3) is 0 Å². The fourth-order valence-corrected chi connectivity index (χ4v) is 3.09. The van der Waals surface area contributed by atoms with Gasteiger partial charge in [0.05, 0.1) is 6.10 Å². The molecule has 4 heteroatoms. The summed E-state index contributed by atoms with van der Waals surface area (Å²) < 4.78 is 5.73. The molecule has 1 N–H and O–H groups in total. The molecular formula is C15H21Cl2NO. The van der Waals surface area contributed by atoms with Crippen molar-refractivity contribution in [1.29, 1.82) is 0 Å². The summed E-state index contributed by atoms with van der Waals surface area (Å²) in [6.45, 7) is 8.09. The van der Waals surface area contributed by atoms with E-state index in [1.807, 2.05) is 19.1 Å². The molecule has 2 nitrogen and oxygen atoms in total. The predicted octanol–water partition coefficient (Wildman–Crippen LogP) is 4.29. The van der Waals surface area contributed by atoms with Crippen molar-refractivity contribution in [3.63, 3.8) is 0 Å². The lowest BCUT2D eigenvalue weighted by atomic mass is 9.64. The minimum Gasteiger partial charge on any atom is -0.378 e. The molecule has 19 heavy (non-hydrogen) atoms. The van der Waals surface area contributed by atoms with E-state index in [0.29, 0.717) is 17.2 Å². The molecule has 0 radical (unpaired) electrons. The van der Waals surface area contributed by atoms with Crippen molar-refractivity contribution in [3.05, 3.63) is 33.8 Å². The standard InChI is InChI=1S/C15H21Cl2NO/c1-4-19-14-8-13(15(14,2)3)18-9-10-5-6-11(16)7-12(10)17/h5-7,13-14,18H,4,8-9H2,1-3H3. The first-order valence-electron chi connectivity index (χ1n) is 6.74. The molecule has 1 saturated carbocycles. The van der Waals surface area contributed by atoms with Crippen LogP contribution in [0, 0.1) is 5.41 Å². The first-order valence-corrected chi connectivity index (χ1v) is 7.49. The van der Waals surface area contributed by atoms with Crippen LogP contribution >= 0.6 is 23.2 Å².